The number of nitrogens with zero attached hydrogens (tertiary/aromatic N) is 1. The van der Waals surface area contributed by atoms with E-state index in [-0.39, 0.29) is 11.1 Å². The SMILES string of the molecule is O=C1N(c2ccccc2)[C@H](c2ccccc2)[C@]1(c1ccccc1)S(=O)(=O)C(F)(F)F. The maximum absolute atomic E-state index is 13.9. The molecule has 0 N–H and O–H groups in total. The molecule has 0 spiro atoms. The molecule has 4 rings (SSSR count). The lowest BCUT2D eigenvalue weighted by molar-refractivity contribution is -0.130. The average molecular weight is 431 g/mol. The molecule has 1 fully saturated rings. The molecule has 3 aromatic carbocycles. The van der Waals surface area contributed by atoms with Crippen LogP contribution in [0.2, 0.25) is 0 Å². The van der Waals surface area contributed by atoms with Gasteiger partial charge in [0.15, 0.2) is 0 Å². The van der Waals surface area contributed by atoms with Gasteiger partial charge in [0.1, 0.15) is 0 Å². The summed E-state index contributed by atoms with van der Waals surface area (Å²) in [5.74, 6) is -1.13. The Balaban J connectivity index is 2.05. The van der Waals surface area contributed by atoms with Crippen LogP contribution in [0.15, 0.2) is 91.0 Å². The quantitative estimate of drug-likeness (QED) is 0.567. The van der Waals surface area contributed by atoms with Gasteiger partial charge in [-0.1, -0.05) is 78.9 Å². The number of carbonyl (C=O) groups is 1. The van der Waals surface area contributed by atoms with Gasteiger partial charge in [0.2, 0.25) is 4.75 Å². The standard InChI is InChI=1S/C22H16F3NO3S/c23-22(24,25)30(28,29)21(17-12-6-2-7-13-17)19(16-10-4-1-5-11-16)26(20(21)27)18-14-8-3-9-15-18/h1-15,19H/t19-,21+/m1/s1. The van der Waals surface area contributed by atoms with Crippen molar-refractivity contribution in [3.8, 4) is 0 Å². The number of anilines is 1. The van der Waals surface area contributed by atoms with Gasteiger partial charge in [0.05, 0.1) is 6.04 Å². The van der Waals surface area contributed by atoms with Crippen molar-refractivity contribution in [2.24, 2.45) is 0 Å². The van der Waals surface area contributed by atoms with E-state index in [2.05, 4.69) is 0 Å². The van der Waals surface area contributed by atoms with Crippen molar-refractivity contribution >= 4 is 21.4 Å². The number of alkyl halides is 3. The van der Waals surface area contributed by atoms with E-state index < -0.39 is 32.0 Å². The second-order valence-electron chi connectivity index (χ2n) is 6.87. The number of hydrogen-bond donors (Lipinski definition) is 0. The van der Waals surface area contributed by atoms with Crippen molar-refractivity contribution in [3.63, 3.8) is 0 Å². The summed E-state index contributed by atoms with van der Waals surface area (Å²) in [7, 11) is -5.93. The highest BCUT2D eigenvalue weighted by Crippen LogP contribution is 2.59. The van der Waals surface area contributed by atoms with Gasteiger partial charge in [-0.05, 0) is 23.3 Å². The van der Waals surface area contributed by atoms with Crippen LogP contribution in [-0.2, 0) is 19.4 Å². The number of para-hydroxylation sites is 1. The van der Waals surface area contributed by atoms with E-state index in [0.29, 0.717) is 5.69 Å². The zero-order chi connectivity index (χ0) is 21.6. The largest absolute Gasteiger partial charge is 0.498 e. The number of β-lactam (4-membered cyclic amide) rings is 1. The van der Waals surface area contributed by atoms with Crippen LogP contribution in [0.5, 0.6) is 0 Å². The summed E-state index contributed by atoms with van der Waals surface area (Å²) in [6, 6.07) is 21.5. The first kappa shape index (κ1) is 20.2. The van der Waals surface area contributed by atoms with E-state index in [1.807, 2.05) is 0 Å². The van der Waals surface area contributed by atoms with Crippen LogP contribution in [-0.4, -0.2) is 19.8 Å². The number of sulfone groups is 1. The van der Waals surface area contributed by atoms with Crippen molar-refractivity contribution in [1.29, 1.82) is 0 Å². The molecule has 30 heavy (non-hydrogen) atoms. The van der Waals surface area contributed by atoms with Gasteiger partial charge in [0, 0.05) is 5.69 Å². The molecule has 2 atom stereocenters. The predicted molar refractivity (Wildman–Crippen MR) is 106 cm³/mol. The van der Waals surface area contributed by atoms with Crippen molar-refractivity contribution in [3.05, 3.63) is 102 Å². The molecular formula is C22H16F3NO3S. The Hall–Kier alpha value is -3.13. The topological polar surface area (TPSA) is 54.5 Å². The highest BCUT2D eigenvalue weighted by atomic mass is 32.2. The van der Waals surface area contributed by atoms with Gasteiger partial charge >= 0.3 is 5.51 Å². The van der Waals surface area contributed by atoms with Gasteiger partial charge in [-0.3, -0.25) is 4.79 Å². The van der Waals surface area contributed by atoms with Gasteiger partial charge in [-0.25, -0.2) is 8.42 Å². The summed E-state index contributed by atoms with van der Waals surface area (Å²) in [5, 5.41) is 0. The van der Waals surface area contributed by atoms with Crippen LogP contribution >= 0.6 is 0 Å². The molecule has 0 unspecified atom stereocenters. The fourth-order valence-corrected chi connectivity index (χ4v) is 5.64. The molecular weight excluding hydrogens is 415 g/mol. The minimum atomic E-state index is -5.93. The molecule has 0 bridgehead atoms. The first-order chi connectivity index (χ1) is 14.2. The van der Waals surface area contributed by atoms with Crippen molar-refractivity contribution in [2.75, 3.05) is 4.90 Å². The lowest BCUT2D eigenvalue weighted by atomic mass is 9.76. The Labute approximate surface area is 171 Å². The zero-order valence-electron chi connectivity index (χ0n) is 15.5. The number of halogens is 3. The first-order valence-electron chi connectivity index (χ1n) is 9.03. The number of hydrogen-bond acceptors (Lipinski definition) is 3. The lowest BCUT2D eigenvalue weighted by Crippen LogP contribution is -2.71. The Kier molecular flexibility index (Phi) is 4.69. The first-order valence-corrected chi connectivity index (χ1v) is 10.5. The summed E-state index contributed by atoms with van der Waals surface area (Å²) >= 11 is 0. The summed E-state index contributed by atoms with van der Waals surface area (Å²) in [6.07, 6.45) is 0. The van der Waals surface area contributed by atoms with Crippen LogP contribution in [0.1, 0.15) is 17.2 Å². The predicted octanol–water partition coefficient (Wildman–Crippen LogP) is 4.60. The van der Waals surface area contributed by atoms with Gasteiger partial charge in [0.25, 0.3) is 15.7 Å². The molecule has 3 aromatic rings. The monoisotopic (exact) mass is 431 g/mol. The van der Waals surface area contributed by atoms with E-state index in [4.69, 9.17) is 0 Å². The average Bonchev–Trinajstić information content (AvgIpc) is 2.73. The van der Waals surface area contributed by atoms with Crippen molar-refractivity contribution < 1.29 is 26.4 Å². The Morgan fingerprint density at radius 3 is 1.73 bits per heavy atom. The molecule has 8 heteroatoms. The molecule has 1 amide bonds. The number of carbonyl (C=O) groups excluding carboxylic acids is 1. The van der Waals surface area contributed by atoms with E-state index >= 15 is 0 Å². The van der Waals surface area contributed by atoms with Crippen LogP contribution in [0.4, 0.5) is 18.9 Å². The molecule has 1 heterocycles. The minimum Gasteiger partial charge on any atom is -0.301 e. The van der Waals surface area contributed by atoms with Crippen molar-refractivity contribution in [2.45, 2.75) is 16.3 Å². The number of amides is 1. The summed E-state index contributed by atoms with van der Waals surface area (Å²) < 4.78 is 64.7. The molecule has 0 saturated carbocycles. The zero-order valence-corrected chi connectivity index (χ0v) is 16.3. The fraction of sp³-hybridized carbons (Fsp3) is 0.136. The van der Waals surface area contributed by atoms with E-state index in [1.165, 1.54) is 36.4 Å². The molecule has 1 aliphatic rings. The Morgan fingerprint density at radius 2 is 1.23 bits per heavy atom. The van der Waals surface area contributed by atoms with Crippen LogP contribution in [0.25, 0.3) is 0 Å². The maximum atomic E-state index is 13.9. The second-order valence-corrected chi connectivity index (χ2v) is 8.99. The van der Waals surface area contributed by atoms with Gasteiger partial charge in [-0.2, -0.15) is 13.2 Å². The molecule has 0 aromatic heterocycles. The molecule has 0 radical (unpaired) electrons. The molecule has 4 nitrogen and oxygen atoms in total. The van der Waals surface area contributed by atoms with Crippen LogP contribution in [0, 0.1) is 0 Å². The molecule has 1 aliphatic heterocycles. The highest BCUT2D eigenvalue weighted by Gasteiger charge is 2.76. The molecule has 154 valence electrons. The third kappa shape index (κ3) is 2.67. The fourth-order valence-electron chi connectivity index (χ4n) is 3.97. The van der Waals surface area contributed by atoms with Gasteiger partial charge < -0.3 is 4.90 Å². The minimum absolute atomic E-state index is 0.214. The Bertz CT molecular complexity index is 1170. The Morgan fingerprint density at radius 1 is 0.767 bits per heavy atom. The van der Waals surface area contributed by atoms with E-state index in [1.54, 1.807) is 54.6 Å². The third-order valence-corrected chi connectivity index (χ3v) is 7.35. The summed E-state index contributed by atoms with van der Waals surface area (Å²) in [4.78, 5) is 14.5. The van der Waals surface area contributed by atoms with Crippen LogP contribution < -0.4 is 4.90 Å². The maximum Gasteiger partial charge on any atom is 0.498 e. The second kappa shape index (κ2) is 6.98. The van der Waals surface area contributed by atoms with E-state index in [0.717, 1.165) is 4.90 Å². The third-order valence-electron chi connectivity index (χ3n) is 5.26. The highest BCUT2D eigenvalue weighted by molar-refractivity contribution is 7.94. The molecule has 1 saturated heterocycles. The summed E-state index contributed by atoms with van der Waals surface area (Å²) in [5.41, 5.74) is -5.22. The lowest BCUT2D eigenvalue weighted by Gasteiger charge is -2.55. The smallest absolute Gasteiger partial charge is 0.301 e. The number of rotatable bonds is 4. The summed E-state index contributed by atoms with van der Waals surface area (Å²) in [6.45, 7) is 0. The molecule has 0 aliphatic carbocycles. The number of benzene rings is 3. The normalized spacial score (nSPS) is 21.9. The van der Waals surface area contributed by atoms with Gasteiger partial charge in [-0.15, -0.1) is 0 Å². The van der Waals surface area contributed by atoms with Crippen LogP contribution in [0.3, 0.4) is 0 Å². The van der Waals surface area contributed by atoms with E-state index in [9.17, 15) is 26.4 Å². The van der Waals surface area contributed by atoms with Crippen molar-refractivity contribution in [1.82, 2.24) is 0 Å².